The molecule has 3 nitrogen and oxygen atoms in total. The SMILES string of the molecule is Oc1ccc(-c2ccccc2)cc1Cc1cc(-c2ccccc2)cc(Cc2cc(-c3ccccc3)ccc2O)c1O. The van der Waals surface area contributed by atoms with Gasteiger partial charge < -0.3 is 15.3 Å². The lowest BCUT2D eigenvalue weighted by Crippen LogP contribution is -1.98. The van der Waals surface area contributed by atoms with Crippen LogP contribution in [0, 0.1) is 0 Å². The highest BCUT2D eigenvalue weighted by Gasteiger charge is 2.16. The van der Waals surface area contributed by atoms with Crippen LogP contribution in [-0.2, 0) is 12.8 Å². The maximum absolute atomic E-state index is 11.6. The third-order valence-corrected chi connectivity index (χ3v) is 7.51. The molecule has 0 saturated carbocycles. The van der Waals surface area contributed by atoms with E-state index in [4.69, 9.17) is 0 Å². The predicted molar refractivity (Wildman–Crippen MR) is 166 cm³/mol. The Bertz CT molecular complexity index is 1680. The van der Waals surface area contributed by atoms with Crippen molar-refractivity contribution in [3.63, 3.8) is 0 Å². The molecule has 0 amide bonds. The number of rotatable bonds is 7. The van der Waals surface area contributed by atoms with E-state index >= 15 is 0 Å². The van der Waals surface area contributed by atoms with Crippen LogP contribution >= 0.6 is 0 Å². The molecular weight excluding hydrogens is 504 g/mol. The molecule has 0 bridgehead atoms. The fourth-order valence-electron chi connectivity index (χ4n) is 5.31. The number of benzene rings is 6. The van der Waals surface area contributed by atoms with Gasteiger partial charge in [-0.25, -0.2) is 0 Å². The van der Waals surface area contributed by atoms with Crippen molar-refractivity contribution < 1.29 is 15.3 Å². The van der Waals surface area contributed by atoms with Gasteiger partial charge in [-0.15, -0.1) is 0 Å². The van der Waals surface area contributed by atoms with Crippen LogP contribution in [0.15, 0.2) is 140 Å². The van der Waals surface area contributed by atoms with Crippen LogP contribution in [0.4, 0.5) is 0 Å². The summed E-state index contributed by atoms with van der Waals surface area (Å²) in [7, 11) is 0. The van der Waals surface area contributed by atoms with Gasteiger partial charge in [0, 0.05) is 12.8 Å². The average molecular weight is 535 g/mol. The Kier molecular flexibility index (Phi) is 7.25. The smallest absolute Gasteiger partial charge is 0.122 e. The number of hydrogen-bond donors (Lipinski definition) is 3. The maximum atomic E-state index is 11.6. The third-order valence-electron chi connectivity index (χ3n) is 7.51. The zero-order valence-electron chi connectivity index (χ0n) is 22.5. The van der Waals surface area contributed by atoms with Gasteiger partial charge in [0.25, 0.3) is 0 Å². The minimum atomic E-state index is 0.165. The van der Waals surface area contributed by atoms with Gasteiger partial charge in [-0.2, -0.15) is 0 Å². The van der Waals surface area contributed by atoms with Crippen LogP contribution in [0.1, 0.15) is 22.3 Å². The number of aromatic hydroxyl groups is 3. The second-order valence-electron chi connectivity index (χ2n) is 10.3. The predicted octanol–water partition coefficient (Wildman–Crippen LogP) is 8.99. The molecule has 6 aromatic carbocycles. The van der Waals surface area contributed by atoms with Gasteiger partial charge in [0.05, 0.1) is 0 Å². The molecule has 0 atom stereocenters. The maximum Gasteiger partial charge on any atom is 0.122 e. The summed E-state index contributed by atoms with van der Waals surface area (Å²) >= 11 is 0. The van der Waals surface area contributed by atoms with Crippen molar-refractivity contribution in [2.45, 2.75) is 12.8 Å². The summed E-state index contributed by atoms with van der Waals surface area (Å²) < 4.78 is 0. The van der Waals surface area contributed by atoms with Crippen LogP contribution < -0.4 is 0 Å². The van der Waals surface area contributed by atoms with Crippen LogP contribution in [0.3, 0.4) is 0 Å². The van der Waals surface area contributed by atoms with Gasteiger partial charge >= 0.3 is 0 Å². The highest BCUT2D eigenvalue weighted by Crippen LogP contribution is 2.37. The first-order valence-electron chi connectivity index (χ1n) is 13.7. The molecule has 0 saturated heterocycles. The Morgan fingerprint density at radius 3 is 1.05 bits per heavy atom. The molecule has 0 aliphatic carbocycles. The van der Waals surface area contributed by atoms with Crippen LogP contribution in [0.25, 0.3) is 33.4 Å². The Balaban J connectivity index is 1.42. The first kappa shape index (κ1) is 26.0. The van der Waals surface area contributed by atoms with Crippen molar-refractivity contribution in [2.75, 3.05) is 0 Å². The van der Waals surface area contributed by atoms with Gasteiger partial charge in [-0.05, 0) is 92.0 Å². The van der Waals surface area contributed by atoms with E-state index in [1.165, 1.54) is 0 Å². The largest absolute Gasteiger partial charge is 0.508 e. The average Bonchev–Trinajstić information content (AvgIpc) is 3.02. The molecule has 0 radical (unpaired) electrons. The van der Waals surface area contributed by atoms with Crippen molar-refractivity contribution >= 4 is 0 Å². The van der Waals surface area contributed by atoms with Gasteiger partial charge in [0.15, 0.2) is 0 Å². The highest BCUT2D eigenvalue weighted by molar-refractivity contribution is 5.71. The summed E-state index contributed by atoms with van der Waals surface area (Å²) in [6, 6.07) is 45.3. The molecule has 0 aliphatic heterocycles. The Morgan fingerprint density at radius 1 is 0.317 bits per heavy atom. The van der Waals surface area contributed by atoms with E-state index in [-0.39, 0.29) is 17.2 Å². The highest BCUT2D eigenvalue weighted by atomic mass is 16.3. The number of hydrogen-bond acceptors (Lipinski definition) is 3. The Hall–Kier alpha value is -5.28. The summed E-state index contributed by atoms with van der Waals surface area (Å²) in [6.45, 7) is 0. The molecule has 0 aliphatic rings. The molecule has 41 heavy (non-hydrogen) atoms. The van der Waals surface area contributed by atoms with Crippen molar-refractivity contribution in [2.24, 2.45) is 0 Å². The fourth-order valence-corrected chi connectivity index (χ4v) is 5.31. The molecule has 6 rings (SSSR count). The van der Waals surface area contributed by atoms with Gasteiger partial charge in [0.1, 0.15) is 17.2 Å². The quantitative estimate of drug-likeness (QED) is 0.192. The molecule has 6 aromatic rings. The van der Waals surface area contributed by atoms with E-state index < -0.39 is 0 Å². The second-order valence-corrected chi connectivity index (χ2v) is 10.3. The Morgan fingerprint density at radius 2 is 0.659 bits per heavy atom. The standard InChI is InChI=1S/C38H30O3/c39-36-18-16-29(26-10-4-1-5-11-26)20-32(36)24-34-22-31(28-14-8-3-9-15-28)23-35(38(34)41)25-33-21-30(17-19-37(33)40)27-12-6-2-7-13-27/h1-23,39-41H,24-25H2. The van der Waals surface area contributed by atoms with E-state index in [0.717, 1.165) is 44.5 Å². The Labute approximate surface area is 240 Å². The van der Waals surface area contributed by atoms with E-state index in [0.29, 0.717) is 24.0 Å². The van der Waals surface area contributed by atoms with E-state index in [1.54, 1.807) is 12.1 Å². The molecule has 0 unspecified atom stereocenters. The first-order chi connectivity index (χ1) is 20.0. The van der Waals surface area contributed by atoms with Crippen LogP contribution in [-0.4, -0.2) is 15.3 Å². The topological polar surface area (TPSA) is 60.7 Å². The zero-order valence-corrected chi connectivity index (χ0v) is 22.5. The fraction of sp³-hybridized carbons (Fsp3) is 0.0526. The first-order valence-corrected chi connectivity index (χ1v) is 13.7. The monoisotopic (exact) mass is 534 g/mol. The van der Waals surface area contributed by atoms with Gasteiger partial charge in [-0.3, -0.25) is 0 Å². The molecule has 3 heteroatoms. The van der Waals surface area contributed by atoms with Crippen molar-refractivity contribution in [1.82, 2.24) is 0 Å². The molecule has 0 fully saturated rings. The number of phenols is 3. The van der Waals surface area contributed by atoms with Crippen LogP contribution in [0.5, 0.6) is 17.2 Å². The van der Waals surface area contributed by atoms with E-state index in [2.05, 4.69) is 0 Å². The molecule has 0 heterocycles. The lowest BCUT2D eigenvalue weighted by Gasteiger charge is -2.16. The zero-order chi connectivity index (χ0) is 28.2. The molecule has 3 N–H and O–H groups in total. The van der Waals surface area contributed by atoms with Crippen LogP contribution in [0.2, 0.25) is 0 Å². The van der Waals surface area contributed by atoms with Crippen molar-refractivity contribution in [1.29, 1.82) is 0 Å². The molecule has 200 valence electrons. The summed E-state index contributed by atoms with van der Waals surface area (Å²) in [5.74, 6) is 0.534. The number of phenolic OH excluding ortho intramolecular Hbond substituents is 3. The van der Waals surface area contributed by atoms with E-state index in [9.17, 15) is 15.3 Å². The summed E-state index contributed by atoms with van der Waals surface area (Å²) in [5, 5.41) is 33.1. The summed E-state index contributed by atoms with van der Waals surface area (Å²) in [4.78, 5) is 0. The third kappa shape index (κ3) is 5.70. The van der Waals surface area contributed by atoms with Gasteiger partial charge in [-0.1, -0.05) is 103 Å². The second kappa shape index (κ2) is 11.4. The summed E-state index contributed by atoms with van der Waals surface area (Å²) in [6.07, 6.45) is 0.699. The summed E-state index contributed by atoms with van der Waals surface area (Å²) in [5.41, 5.74) is 8.99. The minimum absolute atomic E-state index is 0.165. The molecular formula is C38H30O3. The molecule has 0 aromatic heterocycles. The normalized spacial score (nSPS) is 10.9. The van der Waals surface area contributed by atoms with Crippen molar-refractivity contribution in [3.05, 3.63) is 162 Å². The lowest BCUT2D eigenvalue weighted by atomic mass is 9.91. The van der Waals surface area contributed by atoms with E-state index in [1.807, 2.05) is 127 Å². The lowest BCUT2D eigenvalue weighted by molar-refractivity contribution is 0.457. The van der Waals surface area contributed by atoms with Crippen molar-refractivity contribution in [3.8, 4) is 50.6 Å². The minimum Gasteiger partial charge on any atom is -0.508 e. The van der Waals surface area contributed by atoms with Gasteiger partial charge in [0.2, 0.25) is 0 Å². The molecule has 0 spiro atoms.